The minimum Gasteiger partial charge on any atom is -0.462 e. The number of esters is 1. The molecule has 0 spiro atoms. The van der Waals surface area contributed by atoms with Crippen LogP contribution in [0.5, 0.6) is 0 Å². The van der Waals surface area contributed by atoms with Crippen molar-refractivity contribution in [3.05, 3.63) is 153 Å². The van der Waals surface area contributed by atoms with Gasteiger partial charge in [0, 0.05) is 21.0 Å². The van der Waals surface area contributed by atoms with Gasteiger partial charge < -0.3 is 20.7 Å². The van der Waals surface area contributed by atoms with E-state index >= 15 is 0 Å². The van der Waals surface area contributed by atoms with Crippen molar-refractivity contribution in [3.63, 3.8) is 0 Å². The lowest BCUT2D eigenvalue weighted by molar-refractivity contribution is -0.116. The number of fused-ring (bicyclic) bond motifs is 1. The van der Waals surface area contributed by atoms with Gasteiger partial charge in [0.05, 0.1) is 12.2 Å². The number of carbonyl (C=O) groups excluding carboxylic acids is 4. The van der Waals surface area contributed by atoms with E-state index in [2.05, 4.69) is 16.0 Å². The molecule has 5 aromatic rings. The van der Waals surface area contributed by atoms with Crippen LogP contribution in [-0.4, -0.2) is 30.3 Å². The number of ether oxygens (including phenoxy) is 1. The Kier molecular flexibility index (Phi) is 13.1. The van der Waals surface area contributed by atoms with Crippen LogP contribution in [-0.2, 0) is 27.2 Å². The van der Waals surface area contributed by atoms with Crippen molar-refractivity contribution in [1.29, 1.82) is 0 Å². The molecule has 0 aliphatic heterocycles. The Bertz CT molecular complexity index is 2150. The van der Waals surface area contributed by atoms with E-state index < -0.39 is 23.0 Å². The predicted octanol–water partition coefficient (Wildman–Crippen LogP) is 9.77. The Balaban J connectivity index is 1.26. The van der Waals surface area contributed by atoms with E-state index in [0.29, 0.717) is 21.8 Å². The zero-order valence-electron chi connectivity index (χ0n) is 30.4. The number of thioether (sulfide) groups is 1. The summed E-state index contributed by atoms with van der Waals surface area (Å²) in [5.74, 6) is -1.58. The van der Waals surface area contributed by atoms with Crippen molar-refractivity contribution in [1.82, 2.24) is 5.32 Å². The lowest BCUT2D eigenvalue weighted by atomic mass is 9.96. The fourth-order valence-corrected chi connectivity index (χ4v) is 8.70. The smallest absolute Gasteiger partial charge is 0.341 e. The first kappa shape index (κ1) is 38.3. The Morgan fingerprint density at radius 3 is 2.26 bits per heavy atom. The highest BCUT2D eigenvalue weighted by Gasteiger charge is 2.29. The number of benzene rings is 4. The number of hydrogen-bond donors (Lipinski definition) is 3. The first-order valence-electron chi connectivity index (χ1n) is 18.2. The van der Waals surface area contributed by atoms with Crippen LogP contribution in [0, 0.1) is 6.92 Å². The van der Waals surface area contributed by atoms with Gasteiger partial charge >= 0.3 is 5.97 Å². The number of hydrogen-bond acceptors (Lipinski definition) is 7. The largest absolute Gasteiger partial charge is 0.462 e. The van der Waals surface area contributed by atoms with E-state index in [-0.39, 0.29) is 18.2 Å². The van der Waals surface area contributed by atoms with Crippen molar-refractivity contribution in [2.24, 2.45) is 0 Å². The molecule has 1 unspecified atom stereocenters. The predicted molar refractivity (Wildman–Crippen MR) is 218 cm³/mol. The molecule has 1 aromatic heterocycles. The maximum atomic E-state index is 14.3. The third kappa shape index (κ3) is 9.75. The molecule has 1 heterocycles. The van der Waals surface area contributed by atoms with Crippen LogP contribution in [0.1, 0.15) is 85.7 Å². The van der Waals surface area contributed by atoms with Gasteiger partial charge in [-0.2, -0.15) is 0 Å². The minimum absolute atomic E-state index is 0.0835. The number of nitrogens with one attached hydrogen (secondary N) is 3. The highest BCUT2D eigenvalue weighted by atomic mass is 32.2. The number of anilines is 2. The summed E-state index contributed by atoms with van der Waals surface area (Å²) in [5, 5.41) is 8.72. The van der Waals surface area contributed by atoms with E-state index in [1.54, 1.807) is 49.4 Å². The van der Waals surface area contributed by atoms with Crippen LogP contribution < -0.4 is 16.0 Å². The van der Waals surface area contributed by atoms with Gasteiger partial charge in [0.15, 0.2) is 0 Å². The standard InChI is InChI=1S/C44H43N3O5S2/c1-3-52-44(51)38-35-25-12-4-5-13-26-37(35)54-43(38)47-42(50)39(30-18-8-6-9-19-30)53-34-24-16-23-33(28-34)45-41(49)36(27-32-22-15-14-17-29(32)2)46-40(48)31-20-10-7-11-21-31/h6-11,14-24,27-28,39H,3-5,12-13,25-26H2,1-2H3,(H,45,49)(H,46,48)(H,47,50)/b36-27-. The first-order valence-corrected chi connectivity index (χ1v) is 19.9. The lowest BCUT2D eigenvalue weighted by Crippen LogP contribution is -2.30. The summed E-state index contributed by atoms with van der Waals surface area (Å²) in [7, 11) is 0. The highest BCUT2D eigenvalue weighted by molar-refractivity contribution is 8.00. The molecule has 0 radical (unpaired) electrons. The second kappa shape index (κ2) is 18.5. The molecule has 8 nitrogen and oxygen atoms in total. The molecule has 0 bridgehead atoms. The Morgan fingerprint density at radius 2 is 1.52 bits per heavy atom. The van der Waals surface area contributed by atoms with Crippen molar-refractivity contribution in [3.8, 4) is 0 Å². The summed E-state index contributed by atoms with van der Waals surface area (Å²) in [5.41, 5.74) is 5.00. The van der Waals surface area contributed by atoms with Gasteiger partial charge in [0.2, 0.25) is 5.91 Å². The molecular weight excluding hydrogens is 715 g/mol. The molecule has 10 heteroatoms. The molecule has 1 atom stereocenters. The van der Waals surface area contributed by atoms with Crippen LogP contribution >= 0.6 is 23.1 Å². The lowest BCUT2D eigenvalue weighted by Gasteiger charge is -2.18. The average Bonchev–Trinajstić information content (AvgIpc) is 3.50. The van der Waals surface area contributed by atoms with Crippen LogP contribution in [0.15, 0.2) is 120 Å². The molecule has 1 aliphatic carbocycles. The van der Waals surface area contributed by atoms with Crippen molar-refractivity contribution in [2.45, 2.75) is 62.5 Å². The molecule has 3 N–H and O–H groups in total. The topological polar surface area (TPSA) is 114 Å². The summed E-state index contributed by atoms with van der Waals surface area (Å²) < 4.78 is 5.48. The quantitative estimate of drug-likeness (QED) is 0.0664. The molecular formula is C44H43N3O5S2. The van der Waals surface area contributed by atoms with Gasteiger partial charge in [-0.05, 0) is 98.2 Å². The van der Waals surface area contributed by atoms with E-state index in [1.165, 1.54) is 23.1 Å². The van der Waals surface area contributed by atoms with Crippen molar-refractivity contribution < 1.29 is 23.9 Å². The molecule has 0 saturated carbocycles. The summed E-state index contributed by atoms with van der Waals surface area (Å²) in [6.07, 6.45) is 7.60. The second-order valence-corrected chi connectivity index (χ2v) is 15.2. The van der Waals surface area contributed by atoms with Crippen LogP contribution in [0.4, 0.5) is 10.7 Å². The van der Waals surface area contributed by atoms with E-state index in [9.17, 15) is 19.2 Å². The van der Waals surface area contributed by atoms with Gasteiger partial charge in [-0.3, -0.25) is 14.4 Å². The first-order chi connectivity index (χ1) is 26.3. The summed E-state index contributed by atoms with van der Waals surface area (Å²) in [4.78, 5) is 56.4. The summed E-state index contributed by atoms with van der Waals surface area (Å²) >= 11 is 2.82. The fraction of sp³-hybridized carbons (Fsp3) is 0.227. The number of carbonyl (C=O) groups is 4. The maximum Gasteiger partial charge on any atom is 0.341 e. The molecule has 3 amide bonds. The summed E-state index contributed by atoms with van der Waals surface area (Å²) in [6.45, 7) is 3.97. The summed E-state index contributed by atoms with van der Waals surface area (Å²) in [6, 6.07) is 33.1. The van der Waals surface area contributed by atoms with E-state index in [4.69, 9.17) is 4.74 Å². The Hall–Kier alpha value is -5.45. The van der Waals surface area contributed by atoms with Gasteiger partial charge in [0.25, 0.3) is 11.8 Å². The van der Waals surface area contributed by atoms with Gasteiger partial charge in [-0.1, -0.05) is 91.7 Å². The Morgan fingerprint density at radius 1 is 0.815 bits per heavy atom. The molecule has 0 fully saturated rings. The fourth-order valence-electron chi connectivity index (χ4n) is 6.33. The zero-order chi connectivity index (χ0) is 37.9. The van der Waals surface area contributed by atoms with Crippen LogP contribution in [0.25, 0.3) is 6.08 Å². The highest BCUT2D eigenvalue weighted by Crippen LogP contribution is 2.41. The third-order valence-corrected chi connectivity index (χ3v) is 11.5. The van der Waals surface area contributed by atoms with E-state index in [0.717, 1.165) is 70.6 Å². The van der Waals surface area contributed by atoms with Crippen LogP contribution in [0.2, 0.25) is 0 Å². The Labute approximate surface area is 324 Å². The number of aryl methyl sites for hydroxylation is 2. The third-order valence-electron chi connectivity index (χ3n) is 9.09. The number of rotatable bonds is 12. The minimum atomic E-state index is -0.682. The zero-order valence-corrected chi connectivity index (χ0v) is 32.0. The van der Waals surface area contributed by atoms with Crippen LogP contribution in [0.3, 0.4) is 0 Å². The van der Waals surface area contributed by atoms with Gasteiger partial charge in [0.1, 0.15) is 15.9 Å². The molecule has 0 saturated heterocycles. The van der Waals surface area contributed by atoms with Crippen molar-refractivity contribution >= 4 is 63.6 Å². The van der Waals surface area contributed by atoms with Gasteiger partial charge in [-0.25, -0.2) is 4.79 Å². The molecule has 1 aliphatic rings. The second-order valence-electron chi connectivity index (χ2n) is 13.0. The normalized spacial score (nSPS) is 13.4. The number of thiophene rings is 1. The molecule has 54 heavy (non-hydrogen) atoms. The monoisotopic (exact) mass is 757 g/mol. The average molecular weight is 758 g/mol. The number of amides is 3. The van der Waals surface area contributed by atoms with Gasteiger partial charge in [-0.15, -0.1) is 23.1 Å². The molecule has 6 rings (SSSR count). The maximum absolute atomic E-state index is 14.3. The SMILES string of the molecule is CCOC(=O)c1c(NC(=O)C(Sc2cccc(NC(=O)/C(=C/c3ccccc3C)NC(=O)c3ccccc3)c2)c2ccccc2)sc2c1CCCCCC2. The van der Waals surface area contributed by atoms with Crippen molar-refractivity contribution in [2.75, 3.05) is 17.2 Å². The van der Waals surface area contributed by atoms with E-state index in [1.807, 2.05) is 79.7 Å². The molecule has 4 aromatic carbocycles. The molecule has 276 valence electrons.